The predicted octanol–water partition coefficient (Wildman–Crippen LogP) is 28.6. The highest BCUT2D eigenvalue weighted by Gasteiger charge is 2.28. The average molecular weight is 1570 g/mol. The molecule has 0 saturated carbocycles. The molecule has 114 heavy (non-hydrogen) atoms. The maximum atomic E-state index is 8.88. The van der Waals surface area contributed by atoms with Gasteiger partial charge in [-0.1, -0.05) is 457 Å². The Hall–Kier alpha value is -9.14. The van der Waals surface area contributed by atoms with Gasteiger partial charge in [-0.2, -0.15) is 0 Å². The van der Waals surface area contributed by atoms with Crippen molar-refractivity contribution >= 4 is 15.6 Å². The summed E-state index contributed by atoms with van der Waals surface area (Å²) in [5, 5.41) is 0. The SMILES string of the molecule is CC(C)(C)c1ccc(-c2ccc(-c3ccccc3)cc2)c(C(C)(C)C)c1.CC(C)(C)c1ccc(-c2ccc(-c3ccccc3)cc2)c(C(C)(C)C)c1.CC(C)(C)c1ccc(-c2ccc(-c3ccccc3)cc2)c(C(C)(C)C)c1.CC(C)(C)c1ccc(-c2ccc(-c3ccccc3)cc2)c(C(C)(C)C)c1.O=P(O)(O)O.O=P(O)(O)O. The fourth-order valence-corrected chi connectivity index (χ4v) is 13.4. The summed E-state index contributed by atoms with van der Waals surface area (Å²) in [7, 11) is -9.28. The first-order valence-corrected chi connectivity index (χ1v) is 42.6. The molecular formula is C104H126O8P2. The quantitative estimate of drug-likeness (QED) is 0.0822. The molecule has 0 radical (unpaired) electrons. The van der Waals surface area contributed by atoms with E-state index in [2.05, 4.69) is 457 Å². The first kappa shape index (κ1) is 92.0. The van der Waals surface area contributed by atoms with Gasteiger partial charge in [0, 0.05) is 0 Å². The van der Waals surface area contributed by atoms with Crippen molar-refractivity contribution in [2.75, 3.05) is 0 Å². The van der Waals surface area contributed by atoms with Crippen molar-refractivity contribution in [1.82, 2.24) is 0 Å². The maximum absolute atomic E-state index is 8.88. The second-order valence-electron chi connectivity index (χ2n) is 37.8. The summed E-state index contributed by atoms with van der Waals surface area (Å²) in [6, 6.07) is 106. The van der Waals surface area contributed by atoms with Gasteiger partial charge in [0.25, 0.3) is 0 Å². The van der Waals surface area contributed by atoms with Gasteiger partial charge in [0.1, 0.15) is 0 Å². The third kappa shape index (κ3) is 28.1. The van der Waals surface area contributed by atoms with Crippen LogP contribution in [0.15, 0.2) is 291 Å². The standard InChI is InChI=1S/4C26H30.2H3O4P/c4*1-25(2,3)22-16-17-23(24(18-22)26(4,5)6)21-14-12-20(13-15-21)19-10-8-7-9-11-19;2*1-5(2,3)4/h4*7-18H,1-6H3;2*(H3,1,2,3,4). The van der Waals surface area contributed by atoms with Gasteiger partial charge < -0.3 is 29.4 Å². The minimum atomic E-state index is -4.64. The normalized spacial score (nSPS) is 12.2. The van der Waals surface area contributed by atoms with Gasteiger partial charge in [-0.05, 0) is 177 Å². The summed E-state index contributed by atoms with van der Waals surface area (Å²) in [6.07, 6.45) is 0. The molecule has 0 saturated heterocycles. The topological polar surface area (TPSA) is 156 Å². The van der Waals surface area contributed by atoms with Gasteiger partial charge in [0.15, 0.2) is 0 Å². The molecule has 8 nitrogen and oxygen atoms in total. The van der Waals surface area contributed by atoms with Crippen molar-refractivity contribution < 1.29 is 38.5 Å². The van der Waals surface area contributed by atoms with E-state index in [1.165, 1.54) is 134 Å². The van der Waals surface area contributed by atoms with E-state index in [9.17, 15) is 0 Å². The van der Waals surface area contributed by atoms with E-state index in [1.54, 1.807) is 0 Å². The molecule has 12 rings (SSSR count). The van der Waals surface area contributed by atoms with Gasteiger partial charge in [-0.15, -0.1) is 0 Å². The van der Waals surface area contributed by atoms with Crippen LogP contribution in [0.25, 0.3) is 89.0 Å². The fraction of sp³-hybridized carbons (Fsp3) is 0.308. The third-order valence-electron chi connectivity index (χ3n) is 20.0. The van der Waals surface area contributed by atoms with E-state index >= 15 is 0 Å². The predicted molar refractivity (Wildman–Crippen MR) is 487 cm³/mol. The fourth-order valence-electron chi connectivity index (χ4n) is 13.4. The summed E-state index contributed by atoms with van der Waals surface area (Å²) in [5.41, 5.74) is 32.9. The van der Waals surface area contributed by atoms with Gasteiger partial charge >= 0.3 is 15.6 Å². The van der Waals surface area contributed by atoms with Crippen LogP contribution in [0.5, 0.6) is 0 Å². The molecule has 0 aromatic heterocycles. The molecule has 10 heteroatoms. The van der Waals surface area contributed by atoms with E-state index in [0.717, 1.165) is 0 Å². The highest BCUT2D eigenvalue weighted by molar-refractivity contribution is 7.45. The Morgan fingerprint density at radius 3 is 0.412 bits per heavy atom. The number of hydrogen-bond donors (Lipinski definition) is 6. The molecule has 0 unspecified atom stereocenters. The Morgan fingerprint density at radius 1 is 0.167 bits per heavy atom. The molecule has 6 N–H and O–H groups in total. The van der Waals surface area contributed by atoms with Crippen LogP contribution >= 0.6 is 15.6 Å². The van der Waals surface area contributed by atoms with Crippen LogP contribution < -0.4 is 0 Å². The van der Waals surface area contributed by atoms with Crippen molar-refractivity contribution in [3.05, 3.63) is 336 Å². The molecule has 0 bridgehead atoms. The smallest absolute Gasteiger partial charge is 0.303 e. The number of hydrogen-bond acceptors (Lipinski definition) is 2. The summed E-state index contributed by atoms with van der Waals surface area (Å²) < 4.78 is 17.8. The van der Waals surface area contributed by atoms with Gasteiger partial charge in [-0.3, -0.25) is 0 Å². The average Bonchev–Trinajstić information content (AvgIpc) is 0.797. The van der Waals surface area contributed by atoms with Gasteiger partial charge in [0.2, 0.25) is 0 Å². The van der Waals surface area contributed by atoms with Crippen LogP contribution in [0.1, 0.15) is 211 Å². The summed E-state index contributed by atoms with van der Waals surface area (Å²) >= 11 is 0. The lowest BCUT2D eigenvalue weighted by Gasteiger charge is -2.27. The molecule has 600 valence electrons. The Balaban J connectivity index is 0.000000202. The van der Waals surface area contributed by atoms with Crippen molar-refractivity contribution in [1.29, 1.82) is 0 Å². The van der Waals surface area contributed by atoms with Crippen LogP contribution in [-0.4, -0.2) is 29.4 Å². The molecule has 0 spiro atoms. The first-order valence-electron chi connectivity index (χ1n) is 39.4. The number of benzene rings is 12. The minimum absolute atomic E-state index is 0.106. The third-order valence-corrected chi connectivity index (χ3v) is 20.0. The number of rotatable bonds is 8. The van der Waals surface area contributed by atoms with Crippen LogP contribution in [0.4, 0.5) is 0 Å². The zero-order valence-electron chi connectivity index (χ0n) is 72.1. The molecule has 12 aromatic rings. The van der Waals surface area contributed by atoms with E-state index in [0.29, 0.717) is 0 Å². The van der Waals surface area contributed by atoms with Crippen molar-refractivity contribution in [3.63, 3.8) is 0 Å². The van der Waals surface area contributed by atoms with Crippen LogP contribution in [-0.2, 0) is 52.5 Å². The summed E-state index contributed by atoms with van der Waals surface area (Å²) in [4.78, 5) is 43.1. The lowest BCUT2D eigenvalue weighted by atomic mass is 9.77. The Labute approximate surface area is 684 Å². The monoisotopic (exact) mass is 1560 g/mol. The maximum Gasteiger partial charge on any atom is 0.466 e. The Bertz CT molecular complexity index is 4480. The molecule has 0 heterocycles. The van der Waals surface area contributed by atoms with Crippen molar-refractivity contribution in [2.24, 2.45) is 0 Å². The van der Waals surface area contributed by atoms with E-state index in [1.807, 2.05) is 0 Å². The minimum Gasteiger partial charge on any atom is -0.303 e. The molecule has 0 aliphatic rings. The van der Waals surface area contributed by atoms with E-state index < -0.39 is 15.6 Å². The zero-order valence-corrected chi connectivity index (χ0v) is 73.9. The Kier molecular flexibility index (Phi) is 30.4. The molecule has 0 atom stereocenters. The molecular weight excluding hydrogens is 1440 g/mol. The highest BCUT2D eigenvalue weighted by atomic mass is 31.2. The highest BCUT2D eigenvalue weighted by Crippen LogP contribution is 2.43. The molecule has 0 fully saturated rings. The lowest BCUT2D eigenvalue weighted by molar-refractivity contribution is 0.272. The van der Waals surface area contributed by atoms with Crippen LogP contribution in [0, 0.1) is 0 Å². The van der Waals surface area contributed by atoms with E-state index in [-0.39, 0.29) is 43.3 Å². The number of phosphoric acid groups is 2. The second-order valence-corrected chi connectivity index (χ2v) is 39.9. The van der Waals surface area contributed by atoms with Crippen molar-refractivity contribution in [3.8, 4) is 89.0 Å². The molecule has 0 aliphatic heterocycles. The van der Waals surface area contributed by atoms with Gasteiger partial charge in [0.05, 0.1) is 0 Å². The molecule has 0 amide bonds. The zero-order chi connectivity index (χ0) is 84.8. The summed E-state index contributed by atoms with van der Waals surface area (Å²) in [5.74, 6) is 0. The van der Waals surface area contributed by atoms with E-state index in [4.69, 9.17) is 38.5 Å². The largest absolute Gasteiger partial charge is 0.466 e. The molecule has 0 aliphatic carbocycles. The second kappa shape index (κ2) is 37.6. The first-order chi connectivity index (χ1) is 52.6. The lowest BCUT2D eigenvalue weighted by Crippen LogP contribution is -2.17. The van der Waals surface area contributed by atoms with Crippen LogP contribution in [0.3, 0.4) is 0 Å². The molecule has 12 aromatic carbocycles. The Morgan fingerprint density at radius 2 is 0.289 bits per heavy atom. The summed E-state index contributed by atoms with van der Waals surface area (Å²) in [6.45, 7) is 55.0. The van der Waals surface area contributed by atoms with Crippen LogP contribution in [0.2, 0.25) is 0 Å². The van der Waals surface area contributed by atoms with Gasteiger partial charge in [-0.25, -0.2) is 9.13 Å². The van der Waals surface area contributed by atoms with Crippen molar-refractivity contribution in [2.45, 2.75) is 209 Å².